The standard InChI is InChI=1S/C11H19NO2/c1-8(11(13)14)10-6-12(7-10)5-9-3-2-4-9/h8-10H,2-7H2,1H3,(H,13,14). The largest absolute Gasteiger partial charge is 0.481 e. The van der Waals surface area contributed by atoms with Crippen molar-refractivity contribution < 1.29 is 9.90 Å². The van der Waals surface area contributed by atoms with Crippen molar-refractivity contribution in [1.29, 1.82) is 0 Å². The van der Waals surface area contributed by atoms with Gasteiger partial charge >= 0.3 is 5.97 Å². The average molecular weight is 197 g/mol. The zero-order valence-corrected chi connectivity index (χ0v) is 8.78. The fourth-order valence-corrected chi connectivity index (χ4v) is 2.32. The summed E-state index contributed by atoms with van der Waals surface area (Å²) in [6.07, 6.45) is 4.17. The van der Waals surface area contributed by atoms with Crippen molar-refractivity contribution in [3.05, 3.63) is 0 Å². The van der Waals surface area contributed by atoms with Crippen LogP contribution in [0.2, 0.25) is 0 Å². The Labute approximate surface area is 85.1 Å². The van der Waals surface area contributed by atoms with E-state index in [1.54, 1.807) is 0 Å². The second kappa shape index (κ2) is 3.89. The van der Waals surface area contributed by atoms with Crippen molar-refractivity contribution in [3.8, 4) is 0 Å². The van der Waals surface area contributed by atoms with E-state index >= 15 is 0 Å². The number of carbonyl (C=O) groups is 1. The third kappa shape index (κ3) is 1.92. The SMILES string of the molecule is CC(C(=O)O)C1CN(CC2CCC2)C1. The number of aliphatic carboxylic acids is 1. The van der Waals surface area contributed by atoms with E-state index in [0.29, 0.717) is 5.92 Å². The van der Waals surface area contributed by atoms with Crippen LogP contribution in [0.4, 0.5) is 0 Å². The molecule has 2 fully saturated rings. The highest BCUT2D eigenvalue weighted by Gasteiger charge is 2.35. The maximum Gasteiger partial charge on any atom is 0.306 e. The lowest BCUT2D eigenvalue weighted by atomic mass is 9.81. The number of rotatable bonds is 4. The Bertz CT molecular complexity index is 219. The molecule has 3 heteroatoms. The zero-order valence-electron chi connectivity index (χ0n) is 8.78. The van der Waals surface area contributed by atoms with Crippen LogP contribution >= 0.6 is 0 Å². The Hall–Kier alpha value is -0.570. The van der Waals surface area contributed by atoms with Crippen LogP contribution in [0.15, 0.2) is 0 Å². The molecule has 0 spiro atoms. The first kappa shape index (κ1) is 9.97. The van der Waals surface area contributed by atoms with E-state index in [9.17, 15) is 4.79 Å². The highest BCUT2D eigenvalue weighted by atomic mass is 16.4. The molecule has 1 aliphatic heterocycles. The van der Waals surface area contributed by atoms with Gasteiger partial charge < -0.3 is 10.0 Å². The molecule has 3 nitrogen and oxygen atoms in total. The van der Waals surface area contributed by atoms with E-state index in [2.05, 4.69) is 4.90 Å². The topological polar surface area (TPSA) is 40.5 Å². The predicted molar refractivity (Wildman–Crippen MR) is 54.1 cm³/mol. The fourth-order valence-electron chi connectivity index (χ4n) is 2.32. The van der Waals surface area contributed by atoms with Gasteiger partial charge in [-0.2, -0.15) is 0 Å². The second-order valence-electron chi connectivity index (χ2n) is 4.90. The van der Waals surface area contributed by atoms with Gasteiger partial charge in [-0.15, -0.1) is 0 Å². The lowest BCUT2D eigenvalue weighted by Gasteiger charge is -2.44. The maximum atomic E-state index is 10.7. The Morgan fingerprint density at radius 1 is 1.50 bits per heavy atom. The Morgan fingerprint density at radius 3 is 2.57 bits per heavy atom. The molecule has 0 bridgehead atoms. The Kier molecular flexibility index (Phi) is 2.77. The summed E-state index contributed by atoms with van der Waals surface area (Å²) >= 11 is 0. The minimum Gasteiger partial charge on any atom is -0.481 e. The van der Waals surface area contributed by atoms with Crippen LogP contribution in [0, 0.1) is 17.8 Å². The molecule has 0 aromatic rings. The Balaban J connectivity index is 1.65. The number of nitrogens with zero attached hydrogens (tertiary/aromatic N) is 1. The molecular weight excluding hydrogens is 178 g/mol. The highest BCUT2D eigenvalue weighted by molar-refractivity contribution is 5.70. The first-order chi connectivity index (χ1) is 6.66. The molecule has 1 saturated heterocycles. The average Bonchev–Trinajstić information content (AvgIpc) is 1.97. The van der Waals surface area contributed by atoms with Gasteiger partial charge in [-0.05, 0) is 24.7 Å². The predicted octanol–water partition coefficient (Wildman–Crippen LogP) is 1.44. The summed E-state index contributed by atoms with van der Waals surface area (Å²) in [6.45, 7) is 5.05. The van der Waals surface area contributed by atoms with Crippen LogP contribution in [0.1, 0.15) is 26.2 Å². The van der Waals surface area contributed by atoms with E-state index in [1.165, 1.54) is 25.8 Å². The van der Waals surface area contributed by atoms with Crippen molar-refractivity contribution in [2.45, 2.75) is 26.2 Å². The first-order valence-corrected chi connectivity index (χ1v) is 5.62. The van der Waals surface area contributed by atoms with Gasteiger partial charge in [0.2, 0.25) is 0 Å². The summed E-state index contributed by atoms with van der Waals surface area (Å²) in [6, 6.07) is 0. The number of likely N-dealkylation sites (tertiary alicyclic amines) is 1. The minimum absolute atomic E-state index is 0.160. The number of carboxylic acids is 1. The fraction of sp³-hybridized carbons (Fsp3) is 0.909. The minimum atomic E-state index is -0.640. The molecule has 14 heavy (non-hydrogen) atoms. The molecule has 1 aliphatic carbocycles. The quantitative estimate of drug-likeness (QED) is 0.741. The third-order valence-corrected chi connectivity index (χ3v) is 3.82. The van der Waals surface area contributed by atoms with Crippen LogP contribution in [-0.4, -0.2) is 35.6 Å². The molecule has 1 saturated carbocycles. The lowest BCUT2D eigenvalue weighted by molar-refractivity contribution is -0.145. The summed E-state index contributed by atoms with van der Waals surface area (Å²) in [5.41, 5.74) is 0. The monoisotopic (exact) mass is 197 g/mol. The maximum absolute atomic E-state index is 10.7. The molecule has 1 heterocycles. The molecule has 1 N–H and O–H groups in total. The van der Waals surface area contributed by atoms with Crippen molar-refractivity contribution in [2.75, 3.05) is 19.6 Å². The van der Waals surface area contributed by atoms with Gasteiger partial charge in [-0.25, -0.2) is 0 Å². The molecule has 0 aromatic heterocycles. The van der Waals surface area contributed by atoms with Gasteiger partial charge in [0, 0.05) is 19.6 Å². The van der Waals surface area contributed by atoms with Crippen LogP contribution in [-0.2, 0) is 4.79 Å². The van der Waals surface area contributed by atoms with E-state index in [1.807, 2.05) is 6.92 Å². The van der Waals surface area contributed by atoms with Crippen LogP contribution in [0.5, 0.6) is 0 Å². The van der Waals surface area contributed by atoms with Crippen molar-refractivity contribution in [1.82, 2.24) is 4.90 Å². The van der Waals surface area contributed by atoms with Crippen molar-refractivity contribution in [2.24, 2.45) is 17.8 Å². The second-order valence-corrected chi connectivity index (χ2v) is 4.90. The molecule has 0 aromatic carbocycles. The summed E-state index contributed by atoms with van der Waals surface area (Å²) < 4.78 is 0. The van der Waals surface area contributed by atoms with Gasteiger partial charge in [0.05, 0.1) is 5.92 Å². The van der Waals surface area contributed by atoms with Gasteiger partial charge in [-0.3, -0.25) is 4.79 Å². The lowest BCUT2D eigenvalue weighted by Crippen LogP contribution is -2.52. The van der Waals surface area contributed by atoms with Crippen LogP contribution < -0.4 is 0 Å². The molecule has 0 amide bonds. The molecule has 2 aliphatic rings. The smallest absolute Gasteiger partial charge is 0.306 e. The van der Waals surface area contributed by atoms with E-state index in [-0.39, 0.29) is 5.92 Å². The molecule has 0 radical (unpaired) electrons. The van der Waals surface area contributed by atoms with Gasteiger partial charge in [0.15, 0.2) is 0 Å². The molecule has 1 unspecified atom stereocenters. The Morgan fingerprint density at radius 2 is 2.14 bits per heavy atom. The van der Waals surface area contributed by atoms with Crippen LogP contribution in [0.3, 0.4) is 0 Å². The molecular formula is C11H19NO2. The number of carboxylic acid groups (broad SMARTS) is 1. The molecule has 2 rings (SSSR count). The van der Waals surface area contributed by atoms with E-state index in [4.69, 9.17) is 5.11 Å². The summed E-state index contributed by atoms with van der Waals surface area (Å²) in [7, 11) is 0. The highest BCUT2D eigenvalue weighted by Crippen LogP contribution is 2.31. The number of hydrogen-bond acceptors (Lipinski definition) is 2. The molecule has 80 valence electrons. The third-order valence-electron chi connectivity index (χ3n) is 3.82. The first-order valence-electron chi connectivity index (χ1n) is 5.62. The van der Waals surface area contributed by atoms with Crippen molar-refractivity contribution in [3.63, 3.8) is 0 Å². The van der Waals surface area contributed by atoms with E-state index < -0.39 is 5.97 Å². The van der Waals surface area contributed by atoms with E-state index in [0.717, 1.165) is 19.0 Å². The van der Waals surface area contributed by atoms with Gasteiger partial charge in [0.1, 0.15) is 0 Å². The van der Waals surface area contributed by atoms with Gasteiger partial charge in [0.25, 0.3) is 0 Å². The summed E-state index contributed by atoms with van der Waals surface area (Å²) in [4.78, 5) is 13.1. The summed E-state index contributed by atoms with van der Waals surface area (Å²) in [5.74, 6) is 0.509. The van der Waals surface area contributed by atoms with Crippen molar-refractivity contribution >= 4 is 5.97 Å². The number of hydrogen-bond donors (Lipinski definition) is 1. The zero-order chi connectivity index (χ0) is 10.1. The summed E-state index contributed by atoms with van der Waals surface area (Å²) in [5, 5.41) is 8.82. The van der Waals surface area contributed by atoms with Gasteiger partial charge in [-0.1, -0.05) is 13.3 Å². The normalized spacial score (nSPS) is 26.6. The molecule has 1 atom stereocenters. The van der Waals surface area contributed by atoms with Crippen LogP contribution in [0.25, 0.3) is 0 Å².